The third-order valence-electron chi connectivity index (χ3n) is 2.67. The van der Waals surface area contributed by atoms with Crippen LogP contribution in [0.15, 0.2) is 18.2 Å². The van der Waals surface area contributed by atoms with E-state index in [0.717, 1.165) is 6.07 Å². The van der Waals surface area contributed by atoms with Gasteiger partial charge in [-0.25, -0.2) is 8.78 Å². The summed E-state index contributed by atoms with van der Waals surface area (Å²) in [5.74, 6) is -1.25. The first kappa shape index (κ1) is 12.1. The summed E-state index contributed by atoms with van der Waals surface area (Å²) in [5, 5.41) is 8.89. The summed E-state index contributed by atoms with van der Waals surface area (Å²) in [4.78, 5) is 0. The fourth-order valence-electron chi connectivity index (χ4n) is 1.51. The maximum atomic E-state index is 13.0. The molecule has 4 heteroatoms. The standard InChI is InChI=1S/C11H15F2NO/c1-11(7-14,2-3-15)8-4-9(12)6-10(13)5-8/h4-6,15H,2-3,7,14H2,1H3. The largest absolute Gasteiger partial charge is 0.396 e. The maximum absolute atomic E-state index is 13.0. The number of hydrogen-bond acceptors (Lipinski definition) is 2. The van der Waals surface area contributed by atoms with E-state index in [1.54, 1.807) is 6.92 Å². The van der Waals surface area contributed by atoms with Crippen LogP contribution in [0.5, 0.6) is 0 Å². The SMILES string of the molecule is CC(CN)(CCO)c1cc(F)cc(F)c1. The molecule has 0 amide bonds. The number of aliphatic hydroxyl groups is 1. The van der Waals surface area contributed by atoms with Gasteiger partial charge in [0.05, 0.1) is 0 Å². The number of halogens is 2. The van der Waals surface area contributed by atoms with E-state index in [9.17, 15) is 8.78 Å². The molecule has 1 rings (SSSR count). The molecule has 0 bridgehead atoms. The van der Waals surface area contributed by atoms with E-state index < -0.39 is 17.0 Å². The molecule has 0 aliphatic rings. The van der Waals surface area contributed by atoms with E-state index >= 15 is 0 Å². The van der Waals surface area contributed by atoms with Gasteiger partial charge in [-0.1, -0.05) is 6.92 Å². The molecule has 15 heavy (non-hydrogen) atoms. The highest BCUT2D eigenvalue weighted by Crippen LogP contribution is 2.27. The van der Waals surface area contributed by atoms with Crippen molar-refractivity contribution >= 4 is 0 Å². The van der Waals surface area contributed by atoms with Crippen molar-refractivity contribution < 1.29 is 13.9 Å². The van der Waals surface area contributed by atoms with Crippen LogP contribution in [-0.2, 0) is 5.41 Å². The lowest BCUT2D eigenvalue weighted by Crippen LogP contribution is -2.33. The van der Waals surface area contributed by atoms with Gasteiger partial charge in [0, 0.05) is 24.6 Å². The zero-order valence-corrected chi connectivity index (χ0v) is 8.63. The first-order chi connectivity index (χ1) is 7.01. The van der Waals surface area contributed by atoms with Crippen LogP contribution in [0.4, 0.5) is 8.78 Å². The molecule has 1 aromatic rings. The van der Waals surface area contributed by atoms with E-state index in [2.05, 4.69) is 0 Å². The molecule has 0 spiro atoms. The Bertz CT molecular complexity index is 323. The van der Waals surface area contributed by atoms with Gasteiger partial charge in [0.1, 0.15) is 11.6 Å². The van der Waals surface area contributed by atoms with Crippen molar-refractivity contribution in [2.75, 3.05) is 13.2 Å². The Kier molecular flexibility index (Phi) is 3.77. The Morgan fingerprint density at radius 3 is 2.20 bits per heavy atom. The fourth-order valence-corrected chi connectivity index (χ4v) is 1.51. The van der Waals surface area contributed by atoms with E-state index in [4.69, 9.17) is 10.8 Å². The molecule has 0 heterocycles. The molecule has 0 aliphatic heterocycles. The van der Waals surface area contributed by atoms with Crippen LogP contribution in [0.1, 0.15) is 18.9 Å². The molecule has 0 saturated heterocycles. The van der Waals surface area contributed by atoms with E-state index in [0.29, 0.717) is 12.0 Å². The quantitative estimate of drug-likeness (QED) is 0.800. The third-order valence-corrected chi connectivity index (χ3v) is 2.67. The second-order valence-corrected chi connectivity index (χ2v) is 3.90. The second kappa shape index (κ2) is 4.68. The molecule has 1 aromatic carbocycles. The normalized spacial score (nSPS) is 15.0. The summed E-state index contributed by atoms with van der Waals surface area (Å²) < 4.78 is 26.0. The average Bonchev–Trinajstić information content (AvgIpc) is 2.16. The topological polar surface area (TPSA) is 46.2 Å². The summed E-state index contributed by atoms with van der Waals surface area (Å²) in [6.45, 7) is 1.94. The zero-order valence-electron chi connectivity index (χ0n) is 8.63. The molecule has 0 fully saturated rings. The molecule has 0 saturated carbocycles. The van der Waals surface area contributed by atoms with Crippen molar-refractivity contribution in [2.45, 2.75) is 18.8 Å². The van der Waals surface area contributed by atoms with Gasteiger partial charge in [-0.2, -0.15) is 0 Å². The van der Waals surface area contributed by atoms with Gasteiger partial charge in [0.15, 0.2) is 0 Å². The summed E-state index contributed by atoms with van der Waals surface area (Å²) in [6, 6.07) is 3.33. The van der Waals surface area contributed by atoms with Gasteiger partial charge in [0.2, 0.25) is 0 Å². The van der Waals surface area contributed by atoms with Crippen LogP contribution in [0, 0.1) is 11.6 Å². The van der Waals surface area contributed by atoms with Gasteiger partial charge in [-0.3, -0.25) is 0 Å². The molecule has 1 atom stereocenters. The summed E-state index contributed by atoms with van der Waals surface area (Å²) in [5.41, 5.74) is 5.47. The van der Waals surface area contributed by atoms with E-state index in [-0.39, 0.29) is 13.2 Å². The highest BCUT2D eigenvalue weighted by molar-refractivity contribution is 5.26. The molecule has 84 valence electrons. The molecular formula is C11H15F2NO. The Balaban J connectivity index is 3.11. The van der Waals surface area contributed by atoms with E-state index in [1.165, 1.54) is 12.1 Å². The summed E-state index contributed by atoms with van der Waals surface area (Å²) in [7, 11) is 0. The van der Waals surface area contributed by atoms with Crippen LogP contribution in [0.2, 0.25) is 0 Å². The molecule has 2 nitrogen and oxygen atoms in total. The van der Waals surface area contributed by atoms with Gasteiger partial charge < -0.3 is 10.8 Å². The molecule has 0 radical (unpaired) electrons. The molecule has 1 unspecified atom stereocenters. The predicted octanol–water partition coefficient (Wildman–Crippen LogP) is 1.56. The first-order valence-electron chi connectivity index (χ1n) is 4.79. The lowest BCUT2D eigenvalue weighted by Gasteiger charge is -2.27. The lowest BCUT2D eigenvalue weighted by atomic mass is 9.80. The van der Waals surface area contributed by atoms with Crippen LogP contribution in [-0.4, -0.2) is 18.3 Å². The zero-order chi connectivity index (χ0) is 11.5. The van der Waals surface area contributed by atoms with E-state index in [1.807, 2.05) is 0 Å². The molecule has 0 aliphatic carbocycles. The number of aliphatic hydroxyl groups excluding tert-OH is 1. The third kappa shape index (κ3) is 2.73. The number of nitrogens with two attached hydrogens (primary N) is 1. The first-order valence-corrected chi connectivity index (χ1v) is 4.79. The van der Waals surface area contributed by atoms with Crippen LogP contribution in [0.25, 0.3) is 0 Å². The highest BCUT2D eigenvalue weighted by atomic mass is 19.1. The van der Waals surface area contributed by atoms with Crippen molar-refractivity contribution in [3.05, 3.63) is 35.4 Å². The smallest absolute Gasteiger partial charge is 0.126 e. The molecule has 0 aromatic heterocycles. The molecular weight excluding hydrogens is 200 g/mol. The van der Waals surface area contributed by atoms with Crippen molar-refractivity contribution in [1.29, 1.82) is 0 Å². The summed E-state index contributed by atoms with van der Waals surface area (Å²) in [6.07, 6.45) is 0.381. The van der Waals surface area contributed by atoms with Crippen LogP contribution in [0.3, 0.4) is 0 Å². The lowest BCUT2D eigenvalue weighted by molar-refractivity contribution is 0.246. The number of benzene rings is 1. The number of rotatable bonds is 4. The minimum Gasteiger partial charge on any atom is -0.396 e. The Morgan fingerprint density at radius 2 is 1.80 bits per heavy atom. The summed E-state index contributed by atoms with van der Waals surface area (Å²) >= 11 is 0. The van der Waals surface area contributed by atoms with Crippen LogP contribution < -0.4 is 5.73 Å². The van der Waals surface area contributed by atoms with Crippen molar-refractivity contribution in [3.63, 3.8) is 0 Å². The van der Waals surface area contributed by atoms with Crippen molar-refractivity contribution in [3.8, 4) is 0 Å². The minimum atomic E-state index is -0.623. The molecule has 3 N–H and O–H groups in total. The number of hydrogen-bond donors (Lipinski definition) is 2. The van der Waals surface area contributed by atoms with Crippen molar-refractivity contribution in [1.82, 2.24) is 0 Å². The fraction of sp³-hybridized carbons (Fsp3) is 0.455. The maximum Gasteiger partial charge on any atom is 0.126 e. The Labute approximate surface area is 87.7 Å². The minimum absolute atomic E-state index is 0.0637. The van der Waals surface area contributed by atoms with Gasteiger partial charge in [0.25, 0.3) is 0 Å². The highest BCUT2D eigenvalue weighted by Gasteiger charge is 2.25. The van der Waals surface area contributed by atoms with Crippen molar-refractivity contribution in [2.24, 2.45) is 5.73 Å². The second-order valence-electron chi connectivity index (χ2n) is 3.90. The Hall–Kier alpha value is -1.00. The van der Waals surface area contributed by atoms with Gasteiger partial charge in [-0.05, 0) is 24.1 Å². The average molecular weight is 215 g/mol. The van der Waals surface area contributed by atoms with Gasteiger partial charge in [-0.15, -0.1) is 0 Å². The predicted molar refractivity (Wildman–Crippen MR) is 54.5 cm³/mol. The van der Waals surface area contributed by atoms with Gasteiger partial charge >= 0.3 is 0 Å². The van der Waals surface area contributed by atoms with Crippen LogP contribution >= 0.6 is 0 Å². The monoisotopic (exact) mass is 215 g/mol. The Morgan fingerprint density at radius 1 is 1.27 bits per heavy atom.